The van der Waals surface area contributed by atoms with E-state index in [-0.39, 0.29) is 18.4 Å². The number of fused-ring (bicyclic) bond motifs is 1. The van der Waals surface area contributed by atoms with Crippen molar-refractivity contribution in [3.05, 3.63) is 65.0 Å². The van der Waals surface area contributed by atoms with Gasteiger partial charge in [-0.25, -0.2) is 0 Å². The van der Waals surface area contributed by atoms with Gasteiger partial charge in [-0.3, -0.25) is 4.79 Å². The summed E-state index contributed by atoms with van der Waals surface area (Å²) in [5.41, 5.74) is 2.41. The van der Waals surface area contributed by atoms with Crippen molar-refractivity contribution >= 4 is 38.4 Å². The molecule has 4 rings (SSSR count). The maximum Gasteiger partial charge on any atom is 0.264 e. The fourth-order valence-corrected chi connectivity index (χ4v) is 3.27. The second-order valence-electron chi connectivity index (χ2n) is 6.83. The SMILES string of the molecule is CC(C)c1nnc(-c2cc3ccccc3n2CC(=O)Nc2ccc(Br)cc2)o1. The highest BCUT2D eigenvalue weighted by molar-refractivity contribution is 9.10. The van der Waals surface area contributed by atoms with Gasteiger partial charge in [0, 0.05) is 27.0 Å². The maximum atomic E-state index is 12.7. The van der Waals surface area contributed by atoms with Crippen molar-refractivity contribution in [2.75, 3.05) is 5.32 Å². The zero-order chi connectivity index (χ0) is 19.7. The van der Waals surface area contributed by atoms with Gasteiger partial charge in [0.15, 0.2) is 0 Å². The second kappa shape index (κ2) is 7.59. The Kier molecular flexibility index (Phi) is 5.00. The summed E-state index contributed by atoms with van der Waals surface area (Å²) in [4.78, 5) is 12.7. The van der Waals surface area contributed by atoms with E-state index in [0.717, 1.165) is 26.8 Å². The number of para-hydroxylation sites is 1. The predicted octanol–water partition coefficient (Wildman–Crippen LogP) is 5.22. The van der Waals surface area contributed by atoms with Gasteiger partial charge in [-0.1, -0.05) is 48.0 Å². The average Bonchev–Trinajstić information content (AvgIpc) is 3.29. The third kappa shape index (κ3) is 3.71. The van der Waals surface area contributed by atoms with Crippen molar-refractivity contribution in [3.8, 4) is 11.6 Å². The summed E-state index contributed by atoms with van der Waals surface area (Å²) in [6.45, 7) is 4.13. The Morgan fingerprint density at radius 1 is 1.14 bits per heavy atom. The monoisotopic (exact) mass is 438 g/mol. The number of benzene rings is 2. The zero-order valence-electron chi connectivity index (χ0n) is 15.5. The number of nitrogens with one attached hydrogen (secondary N) is 1. The number of carbonyl (C=O) groups excluding carboxylic acids is 1. The summed E-state index contributed by atoms with van der Waals surface area (Å²) < 4.78 is 8.70. The van der Waals surface area contributed by atoms with Gasteiger partial charge in [-0.05, 0) is 36.4 Å². The Labute approximate surface area is 170 Å². The number of aromatic nitrogens is 3. The van der Waals surface area contributed by atoms with Gasteiger partial charge < -0.3 is 14.3 Å². The molecule has 0 saturated carbocycles. The molecule has 0 aliphatic heterocycles. The van der Waals surface area contributed by atoms with Crippen LogP contribution >= 0.6 is 15.9 Å². The van der Waals surface area contributed by atoms with Gasteiger partial charge in [-0.2, -0.15) is 0 Å². The molecule has 0 radical (unpaired) electrons. The quantitative estimate of drug-likeness (QED) is 0.463. The molecule has 1 N–H and O–H groups in total. The minimum atomic E-state index is -0.131. The molecule has 28 heavy (non-hydrogen) atoms. The lowest BCUT2D eigenvalue weighted by atomic mass is 10.2. The largest absolute Gasteiger partial charge is 0.419 e. The lowest BCUT2D eigenvalue weighted by Gasteiger charge is -2.10. The fraction of sp³-hybridized carbons (Fsp3) is 0.190. The summed E-state index contributed by atoms with van der Waals surface area (Å²) in [6.07, 6.45) is 0. The Balaban J connectivity index is 1.68. The van der Waals surface area contributed by atoms with E-state index in [1.165, 1.54) is 0 Å². The lowest BCUT2D eigenvalue weighted by molar-refractivity contribution is -0.116. The van der Waals surface area contributed by atoms with Crippen molar-refractivity contribution in [2.45, 2.75) is 26.3 Å². The molecule has 142 valence electrons. The van der Waals surface area contributed by atoms with Crippen LogP contribution in [0.15, 0.2) is 63.5 Å². The molecule has 6 nitrogen and oxygen atoms in total. The summed E-state index contributed by atoms with van der Waals surface area (Å²) in [5.74, 6) is 0.996. The third-order valence-corrected chi connectivity index (χ3v) is 4.92. The highest BCUT2D eigenvalue weighted by Crippen LogP contribution is 2.29. The number of hydrogen-bond donors (Lipinski definition) is 1. The molecule has 2 aromatic carbocycles. The number of halogens is 1. The summed E-state index contributed by atoms with van der Waals surface area (Å²) in [5, 5.41) is 12.3. The first-order valence-electron chi connectivity index (χ1n) is 8.99. The summed E-state index contributed by atoms with van der Waals surface area (Å²) in [7, 11) is 0. The molecule has 0 aliphatic carbocycles. The number of rotatable bonds is 5. The molecule has 4 aromatic rings. The van der Waals surface area contributed by atoms with Crippen LogP contribution in [0.5, 0.6) is 0 Å². The second-order valence-corrected chi connectivity index (χ2v) is 7.75. The van der Waals surface area contributed by atoms with Crippen molar-refractivity contribution < 1.29 is 9.21 Å². The molecule has 0 spiro atoms. The minimum absolute atomic E-state index is 0.131. The number of hydrogen-bond acceptors (Lipinski definition) is 4. The van der Waals surface area contributed by atoms with Gasteiger partial charge in [0.05, 0.1) is 0 Å². The average molecular weight is 439 g/mol. The van der Waals surface area contributed by atoms with Crippen molar-refractivity contribution in [2.24, 2.45) is 0 Å². The Hall–Kier alpha value is -2.93. The molecule has 0 unspecified atom stereocenters. The van der Waals surface area contributed by atoms with E-state index >= 15 is 0 Å². The smallest absolute Gasteiger partial charge is 0.264 e. The Morgan fingerprint density at radius 3 is 2.61 bits per heavy atom. The Morgan fingerprint density at radius 2 is 1.89 bits per heavy atom. The van der Waals surface area contributed by atoms with Gasteiger partial charge in [0.2, 0.25) is 11.8 Å². The number of amides is 1. The maximum absolute atomic E-state index is 12.7. The third-order valence-electron chi connectivity index (χ3n) is 4.39. The topological polar surface area (TPSA) is 73.0 Å². The molecule has 7 heteroatoms. The van der Waals surface area contributed by atoms with E-state index in [1.54, 1.807) is 0 Å². The van der Waals surface area contributed by atoms with Crippen LogP contribution < -0.4 is 5.32 Å². The highest BCUT2D eigenvalue weighted by Gasteiger charge is 2.19. The van der Waals surface area contributed by atoms with Crippen LogP contribution in [-0.4, -0.2) is 20.7 Å². The molecule has 0 aliphatic rings. The van der Waals surface area contributed by atoms with Gasteiger partial charge in [-0.15, -0.1) is 10.2 Å². The molecule has 0 atom stereocenters. The first-order chi connectivity index (χ1) is 13.5. The molecule has 2 heterocycles. The first-order valence-corrected chi connectivity index (χ1v) is 9.78. The lowest BCUT2D eigenvalue weighted by Crippen LogP contribution is -2.19. The molecule has 0 saturated heterocycles. The Bertz CT molecular complexity index is 1130. The van der Waals surface area contributed by atoms with Crippen LogP contribution in [0, 0.1) is 0 Å². The van der Waals surface area contributed by atoms with E-state index in [9.17, 15) is 4.79 Å². The van der Waals surface area contributed by atoms with E-state index < -0.39 is 0 Å². The van der Waals surface area contributed by atoms with Crippen molar-refractivity contribution in [3.63, 3.8) is 0 Å². The standard InChI is InChI=1S/C21H19BrN4O2/c1-13(2)20-24-25-21(28-20)18-11-14-5-3-4-6-17(14)26(18)12-19(27)23-16-9-7-15(22)8-10-16/h3-11,13H,12H2,1-2H3,(H,23,27). The highest BCUT2D eigenvalue weighted by atomic mass is 79.9. The van der Waals surface area contributed by atoms with E-state index in [4.69, 9.17) is 4.42 Å². The molecule has 0 fully saturated rings. The van der Waals surface area contributed by atoms with Crippen LogP contribution in [0.1, 0.15) is 25.7 Å². The van der Waals surface area contributed by atoms with Gasteiger partial charge in [0.25, 0.3) is 5.89 Å². The van der Waals surface area contributed by atoms with Gasteiger partial charge in [0.1, 0.15) is 12.2 Å². The van der Waals surface area contributed by atoms with Crippen LogP contribution in [0.3, 0.4) is 0 Å². The normalized spacial score (nSPS) is 11.3. The van der Waals surface area contributed by atoms with Crippen LogP contribution in [0.2, 0.25) is 0 Å². The number of nitrogens with zero attached hydrogens (tertiary/aromatic N) is 3. The van der Waals surface area contributed by atoms with Crippen LogP contribution in [0.25, 0.3) is 22.5 Å². The van der Waals surface area contributed by atoms with E-state index in [0.29, 0.717) is 11.8 Å². The number of anilines is 1. The van der Waals surface area contributed by atoms with Crippen molar-refractivity contribution in [1.82, 2.24) is 14.8 Å². The molecule has 1 amide bonds. The first kappa shape index (κ1) is 18.4. The fourth-order valence-electron chi connectivity index (χ4n) is 3.01. The molecule has 2 aromatic heterocycles. The van der Waals surface area contributed by atoms with Crippen LogP contribution in [0.4, 0.5) is 5.69 Å². The summed E-state index contributed by atoms with van der Waals surface area (Å²) >= 11 is 3.39. The molecular weight excluding hydrogens is 420 g/mol. The minimum Gasteiger partial charge on any atom is -0.419 e. The number of carbonyl (C=O) groups is 1. The van der Waals surface area contributed by atoms with E-state index in [1.807, 2.05) is 73.0 Å². The van der Waals surface area contributed by atoms with Crippen molar-refractivity contribution in [1.29, 1.82) is 0 Å². The zero-order valence-corrected chi connectivity index (χ0v) is 17.1. The van der Waals surface area contributed by atoms with E-state index in [2.05, 4.69) is 31.4 Å². The van der Waals surface area contributed by atoms with Gasteiger partial charge >= 0.3 is 0 Å². The van der Waals surface area contributed by atoms with Crippen LogP contribution in [-0.2, 0) is 11.3 Å². The molecule has 0 bridgehead atoms. The summed E-state index contributed by atoms with van der Waals surface area (Å²) in [6, 6.07) is 17.3. The predicted molar refractivity (Wildman–Crippen MR) is 112 cm³/mol. The molecular formula is C21H19BrN4O2.